The van der Waals surface area contributed by atoms with Crippen LogP contribution >= 0.6 is 0 Å². The molecule has 0 atom stereocenters. The third-order valence-electron chi connectivity index (χ3n) is 3.53. The molecule has 2 aromatic rings. The second-order valence-electron chi connectivity index (χ2n) is 5.83. The Morgan fingerprint density at radius 1 is 1.14 bits per heavy atom. The van der Waals surface area contributed by atoms with Crippen LogP contribution in [0.4, 0.5) is 10.2 Å². The molecular formula is C17H22FN3. The lowest BCUT2D eigenvalue weighted by molar-refractivity contribution is 0.505. The summed E-state index contributed by atoms with van der Waals surface area (Å²) in [7, 11) is 0. The summed E-state index contributed by atoms with van der Waals surface area (Å²) >= 11 is 0. The molecule has 1 aromatic carbocycles. The van der Waals surface area contributed by atoms with Crippen molar-refractivity contribution in [1.82, 2.24) is 9.97 Å². The van der Waals surface area contributed by atoms with Crippen LogP contribution in [0.5, 0.6) is 0 Å². The third kappa shape index (κ3) is 4.25. The fourth-order valence-corrected chi connectivity index (χ4v) is 2.22. The molecule has 0 spiro atoms. The van der Waals surface area contributed by atoms with E-state index in [1.54, 1.807) is 0 Å². The quantitative estimate of drug-likeness (QED) is 0.872. The Kier molecular flexibility index (Phi) is 4.89. The highest BCUT2D eigenvalue weighted by atomic mass is 19.1. The average molecular weight is 287 g/mol. The molecule has 112 valence electrons. The maximum atomic E-state index is 14.2. The van der Waals surface area contributed by atoms with Gasteiger partial charge in [-0.2, -0.15) is 0 Å². The van der Waals surface area contributed by atoms with Crippen molar-refractivity contribution >= 4 is 5.82 Å². The zero-order chi connectivity index (χ0) is 15.3. The van der Waals surface area contributed by atoms with Gasteiger partial charge in [-0.15, -0.1) is 0 Å². The summed E-state index contributed by atoms with van der Waals surface area (Å²) in [4.78, 5) is 7.98. The molecule has 0 aliphatic heterocycles. The minimum absolute atomic E-state index is 0.240. The molecule has 0 unspecified atom stereocenters. The minimum Gasteiger partial charge on any atom is -0.363 e. The normalized spacial score (nSPS) is 11.4. The monoisotopic (exact) mass is 287 g/mol. The molecule has 0 aliphatic rings. The van der Waals surface area contributed by atoms with Crippen LogP contribution in [0.25, 0.3) is 0 Å². The third-order valence-corrected chi connectivity index (χ3v) is 3.53. The van der Waals surface area contributed by atoms with E-state index in [0.717, 1.165) is 12.8 Å². The summed E-state index contributed by atoms with van der Waals surface area (Å²) in [6.07, 6.45) is 3.81. The maximum absolute atomic E-state index is 14.2. The summed E-state index contributed by atoms with van der Waals surface area (Å²) in [5, 5.41) is 3.21. The summed E-state index contributed by atoms with van der Waals surface area (Å²) in [5.74, 6) is -0.0484. The molecule has 0 aliphatic carbocycles. The molecule has 0 radical (unpaired) electrons. The number of nitrogens with zero attached hydrogens (tertiary/aromatic N) is 2. The van der Waals surface area contributed by atoms with Crippen LogP contribution in [0, 0.1) is 5.82 Å². The van der Waals surface area contributed by atoms with Gasteiger partial charge in [0.25, 0.3) is 0 Å². The first-order chi connectivity index (χ1) is 10.0. The number of hydrogen-bond donors (Lipinski definition) is 1. The summed E-state index contributed by atoms with van der Waals surface area (Å²) in [6.45, 7) is 6.00. The van der Waals surface area contributed by atoms with Gasteiger partial charge < -0.3 is 5.32 Å². The van der Waals surface area contributed by atoms with Crippen molar-refractivity contribution in [2.45, 2.75) is 45.6 Å². The second kappa shape index (κ2) is 6.66. The fraction of sp³-hybridized carbons (Fsp3) is 0.412. The van der Waals surface area contributed by atoms with Crippen molar-refractivity contribution in [1.29, 1.82) is 0 Å². The number of aromatic nitrogens is 2. The minimum atomic E-state index is -0.340. The Morgan fingerprint density at radius 2 is 1.86 bits per heavy atom. The summed E-state index contributed by atoms with van der Waals surface area (Å²) < 4.78 is 14.2. The lowest BCUT2D eigenvalue weighted by Crippen LogP contribution is -2.32. The molecule has 0 saturated heterocycles. The number of benzene rings is 1. The number of rotatable bonds is 6. The molecule has 0 amide bonds. The molecule has 0 fully saturated rings. The van der Waals surface area contributed by atoms with Gasteiger partial charge in [-0.1, -0.05) is 37.3 Å². The highest BCUT2D eigenvalue weighted by Gasteiger charge is 2.21. The van der Waals surface area contributed by atoms with E-state index in [0.29, 0.717) is 17.9 Å². The maximum Gasteiger partial charge on any atom is 0.186 e. The number of anilines is 1. The van der Waals surface area contributed by atoms with Crippen LogP contribution in [-0.2, 0) is 12.8 Å². The smallest absolute Gasteiger partial charge is 0.186 e. The van der Waals surface area contributed by atoms with Gasteiger partial charge in [0.15, 0.2) is 11.6 Å². The Bertz CT molecular complexity index is 582. The van der Waals surface area contributed by atoms with Gasteiger partial charge in [-0.05, 0) is 38.7 Å². The molecule has 1 N–H and O–H groups in total. The number of aryl methyl sites for hydroxylation is 2. The predicted molar refractivity (Wildman–Crippen MR) is 83.8 cm³/mol. The molecular weight excluding hydrogens is 265 g/mol. The van der Waals surface area contributed by atoms with Crippen LogP contribution in [0.2, 0.25) is 0 Å². The highest BCUT2D eigenvalue weighted by molar-refractivity contribution is 5.40. The molecule has 21 heavy (non-hydrogen) atoms. The Hall–Kier alpha value is -1.97. The van der Waals surface area contributed by atoms with E-state index in [-0.39, 0.29) is 11.4 Å². The van der Waals surface area contributed by atoms with E-state index in [9.17, 15) is 4.39 Å². The van der Waals surface area contributed by atoms with E-state index in [4.69, 9.17) is 0 Å². The van der Waals surface area contributed by atoms with Gasteiger partial charge in [-0.25, -0.2) is 14.4 Å². The topological polar surface area (TPSA) is 37.8 Å². The van der Waals surface area contributed by atoms with Gasteiger partial charge in [0.05, 0.1) is 5.69 Å². The van der Waals surface area contributed by atoms with Crippen molar-refractivity contribution < 1.29 is 4.39 Å². The Labute approximate surface area is 125 Å². The largest absolute Gasteiger partial charge is 0.363 e. The fourth-order valence-electron chi connectivity index (χ4n) is 2.22. The lowest BCUT2D eigenvalue weighted by Gasteiger charge is -2.27. The van der Waals surface area contributed by atoms with E-state index < -0.39 is 0 Å². The highest BCUT2D eigenvalue weighted by Crippen LogP contribution is 2.22. The van der Waals surface area contributed by atoms with Crippen molar-refractivity contribution in [3.63, 3.8) is 0 Å². The van der Waals surface area contributed by atoms with Crippen LogP contribution < -0.4 is 5.32 Å². The zero-order valence-corrected chi connectivity index (χ0v) is 12.9. The lowest BCUT2D eigenvalue weighted by atomic mass is 9.95. The number of hydrogen-bond acceptors (Lipinski definition) is 3. The van der Waals surface area contributed by atoms with Gasteiger partial charge in [0.1, 0.15) is 6.33 Å². The van der Waals surface area contributed by atoms with Crippen molar-refractivity contribution in [2.24, 2.45) is 0 Å². The van der Waals surface area contributed by atoms with Crippen molar-refractivity contribution in [2.75, 3.05) is 5.32 Å². The van der Waals surface area contributed by atoms with Crippen molar-refractivity contribution in [3.8, 4) is 0 Å². The Balaban J connectivity index is 2.03. The predicted octanol–water partition coefficient (Wildman–Crippen LogP) is 4.00. The van der Waals surface area contributed by atoms with Crippen LogP contribution in [0.1, 0.15) is 38.4 Å². The van der Waals surface area contributed by atoms with E-state index >= 15 is 0 Å². The van der Waals surface area contributed by atoms with Crippen molar-refractivity contribution in [3.05, 3.63) is 53.7 Å². The van der Waals surface area contributed by atoms with Gasteiger partial charge in [0.2, 0.25) is 0 Å². The second-order valence-corrected chi connectivity index (χ2v) is 5.83. The SMILES string of the molecule is CCc1ncnc(NC(C)(C)CCc2ccccc2)c1F. The molecule has 4 heteroatoms. The summed E-state index contributed by atoms with van der Waals surface area (Å²) in [6, 6.07) is 10.3. The van der Waals surface area contributed by atoms with Gasteiger partial charge >= 0.3 is 0 Å². The molecule has 3 nitrogen and oxygen atoms in total. The standard InChI is InChI=1S/C17H22FN3/c1-4-14-15(18)16(20-12-19-14)21-17(2,3)11-10-13-8-6-5-7-9-13/h5-9,12H,4,10-11H2,1-3H3,(H,19,20,21). The van der Waals surface area contributed by atoms with E-state index in [1.807, 2.05) is 25.1 Å². The first kappa shape index (κ1) is 15.4. The summed E-state index contributed by atoms with van der Waals surface area (Å²) in [5.41, 5.74) is 1.49. The number of nitrogens with one attached hydrogen (secondary N) is 1. The molecule has 1 heterocycles. The van der Waals surface area contributed by atoms with Crippen LogP contribution in [0.3, 0.4) is 0 Å². The molecule has 1 aromatic heterocycles. The zero-order valence-electron chi connectivity index (χ0n) is 12.9. The van der Waals surface area contributed by atoms with Crippen LogP contribution in [-0.4, -0.2) is 15.5 Å². The molecule has 0 bridgehead atoms. The molecule has 0 saturated carbocycles. The first-order valence-electron chi connectivity index (χ1n) is 7.33. The Morgan fingerprint density at radius 3 is 2.52 bits per heavy atom. The average Bonchev–Trinajstić information content (AvgIpc) is 2.48. The first-order valence-corrected chi connectivity index (χ1v) is 7.33. The molecule has 2 rings (SSSR count). The van der Waals surface area contributed by atoms with E-state index in [1.165, 1.54) is 11.9 Å². The van der Waals surface area contributed by atoms with Gasteiger partial charge in [0, 0.05) is 5.54 Å². The van der Waals surface area contributed by atoms with Gasteiger partial charge in [-0.3, -0.25) is 0 Å². The van der Waals surface area contributed by atoms with Crippen LogP contribution in [0.15, 0.2) is 36.7 Å². The van der Waals surface area contributed by atoms with E-state index in [2.05, 4.69) is 41.3 Å². The number of halogens is 1.